The minimum atomic E-state index is -0.161. The van der Waals surface area contributed by atoms with Crippen LogP contribution in [-0.2, 0) is 4.79 Å². The Morgan fingerprint density at radius 3 is 2.21 bits per heavy atom. The molecule has 4 bridgehead atoms. The number of carbonyl (C=O) groups excluding carboxylic acids is 1. The number of nitrogens with one attached hydrogen (secondary N) is 1. The zero-order valence-electron chi connectivity index (χ0n) is 13.5. The van der Waals surface area contributed by atoms with Crippen LogP contribution in [0.5, 0.6) is 0 Å². The number of carbonyl (C=O) groups is 1. The molecule has 5 fully saturated rings. The molecule has 5 heteroatoms. The van der Waals surface area contributed by atoms with Crippen molar-refractivity contribution in [1.82, 2.24) is 5.32 Å². The van der Waals surface area contributed by atoms with Gasteiger partial charge in [0.2, 0.25) is 5.91 Å². The number of amides is 1. The van der Waals surface area contributed by atoms with Gasteiger partial charge >= 0.3 is 0 Å². The predicted octanol–water partition coefficient (Wildman–Crippen LogP) is 4.68. The molecule has 1 heterocycles. The highest BCUT2D eigenvalue weighted by atomic mass is 79.9. The number of amidine groups is 1. The molecule has 6 rings (SSSR count). The van der Waals surface area contributed by atoms with Crippen molar-refractivity contribution < 1.29 is 4.79 Å². The number of aliphatic imine (C=N–C) groups is 1. The average molecular weight is 405 g/mol. The Morgan fingerprint density at radius 2 is 1.62 bits per heavy atom. The summed E-state index contributed by atoms with van der Waals surface area (Å²) in [5.41, 5.74) is 1.18. The number of thioether (sulfide) groups is 1. The third kappa shape index (κ3) is 2.64. The molecule has 1 N–H and O–H groups in total. The van der Waals surface area contributed by atoms with Gasteiger partial charge in [-0.25, -0.2) is 0 Å². The van der Waals surface area contributed by atoms with E-state index in [0.29, 0.717) is 0 Å². The quantitative estimate of drug-likeness (QED) is 0.777. The van der Waals surface area contributed by atoms with Gasteiger partial charge in [0.25, 0.3) is 0 Å². The largest absolute Gasteiger partial charge is 0.304 e. The Morgan fingerprint density at radius 1 is 1.04 bits per heavy atom. The average Bonchev–Trinajstić information content (AvgIpc) is 2.86. The first-order chi connectivity index (χ1) is 11.6. The van der Waals surface area contributed by atoms with Gasteiger partial charge in [0.05, 0.1) is 5.54 Å². The molecule has 0 radical (unpaired) electrons. The standard InChI is InChI=1S/C19H21BrN2OS/c20-15-3-1-14(2-4-15)16-17(23)21-18(24-16)22-19-8-11-5-12(9-19)7-13(6-11)10-19/h1-4,11-13,16H,5-10H2,(H,21,22,23). The molecule has 1 aromatic rings. The van der Waals surface area contributed by atoms with E-state index in [1.807, 2.05) is 24.3 Å². The van der Waals surface area contributed by atoms with Crippen molar-refractivity contribution in [2.45, 2.75) is 49.3 Å². The zero-order chi connectivity index (χ0) is 16.3. The van der Waals surface area contributed by atoms with Crippen LogP contribution in [0.25, 0.3) is 0 Å². The Labute approximate surface area is 155 Å². The summed E-state index contributed by atoms with van der Waals surface area (Å²) >= 11 is 5.05. The Balaban J connectivity index is 1.39. The van der Waals surface area contributed by atoms with Crippen LogP contribution in [0.2, 0.25) is 0 Å². The van der Waals surface area contributed by atoms with Crippen LogP contribution in [0.4, 0.5) is 0 Å². The molecular formula is C19H21BrN2OS. The summed E-state index contributed by atoms with van der Waals surface area (Å²) in [7, 11) is 0. The third-order valence-corrected chi connectivity index (χ3v) is 7.88. The van der Waals surface area contributed by atoms with Crippen molar-refractivity contribution in [3.63, 3.8) is 0 Å². The molecule has 126 valence electrons. The number of halogens is 1. The van der Waals surface area contributed by atoms with E-state index in [1.165, 1.54) is 38.5 Å². The molecular weight excluding hydrogens is 384 g/mol. The third-order valence-electron chi connectivity index (χ3n) is 6.22. The van der Waals surface area contributed by atoms with Gasteiger partial charge in [-0.1, -0.05) is 39.8 Å². The fraction of sp³-hybridized carbons (Fsp3) is 0.579. The lowest BCUT2D eigenvalue weighted by molar-refractivity contribution is -0.118. The summed E-state index contributed by atoms with van der Waals surface area (Å²) in [6.45, 7) is 0. The van der Waals surface area contributed by atoms with Gasteiger partial charge in [-0.2, -0.15) is 0 Å². The van der Waals surface area contributed by atoms with E-state index in [1.54, 1.807) is 11.8 Å². The second-order valence-electron chi connectivity index (χ2n) is 8.10. The summed E-state index contributed by atoms with van der Waals surface area (Å²) in [6.07, 6.45) is 7.98. The second kappa shape index (κ2) is 5.60. The van der Waals surface area contributed by atoms with Crippen LogP contribution in [0.15, 0.2) is 33.7 Å². The SMILES string of the molecule is O=C1NC(=NC23CC4CC(CC(C4)C2)C3)SC1c1ccc(Br)cc1. The minimum absolute atomic E-state index is 0.0748. The van der Waals surface area contributed by atoms with Gasteiger partial charge in [0, 0.05) is 4.47 Å². The van der Waals surface area contributed by atoms with E-state index < -0.39 is 0 Å². The normalized spacial score (nSPS) is 41.9. The smallest absolute Gasteiger partial charge is 0.244 e. The number of hydrogen-bond acceptors (Lipinski definition) is 3. The van der Waals surface area contributed by atoms with Gasteiger partial charge in [-0.3, -0.25) is 9.79 Å². The van der Waals surface area contributed by atoms with Crippen molar-refractivity contribution in [3.05, 3.63) is 34.3 Å². The lowest BCUT2D eigenvalue weighted by Gasteiger charge is -2.55. The van der Waals surface area contributed by atoms with Crippen LogP contribution in [-0.4, -0.2) is 16.6 Å². The molecule has 1 aliphatic heterocycles. The van der Waals surface area contributed by atoms with Crippen LogP contribution in [0.1, 0.15) is 49.3 Å². The fourth-order valence-electron chi connectivity index (χ4n) is 5.69. The molecule has 5 aliphatic rings. The maximum Gasteiger partial charge on any atom is 0.244 e. The number of benzene rings is 1. The Bertz CT molecular complexity index is 679. The van der Waals surface area contributed by atoms with E-state index >= 15 is 0 Å². The second-order valence-corrected chi connectivity index (χ2v) is 10.1. The molecule has 4 aliphatic carbocycles. The monoisotopic (exact) mass is 404 g/mol. The topological polar surface area (TPSA) is 41.5 Å². The minimum Gasteiger partial charge on any atom is -0.304 e. The molecule has 1 unspecified atom stereocenters. The van der Waals surface area contributed by atoms with Crippen molar-refractivity contribution in [2.75, 3.05) is 0 Å². The van der Waals surface area contributed by atoms with E-state index in [-0.39, 0.29) is 16.7 Å². The molecule has 4 saturated carbocycles. The van der Waals surface area contributed by atoms with Gasteiger partial charge < -0.3 is 5.32 Å². The van der Waals surface area contributed by atoms with E-state index in [9.17, 15) is 4.79 Å². The Kier molecular flexibility index (Phi) is 3.60. The molecule has 0 aromatic heterocycles. The van der Waals surface area contributed by atoms with Crippen molar-refractivity contribution in [1.29, 1.82) is 0 Å². The lowest BCUT2D eigenvalue weighted by Crippen LogP contribution is -2.50. The number of nitrogens with zero attached hydrogens (tertiary/aromatic N) is 1. The first-order valence-electron chi connectivity index (χ1n) is 8.91. The molecule has 3 nitrogen and oxygen atoms in total. The highest BCUT2D eigenvalue weighted by molar-refractivity contribution is 9.10. The molecule has 0 spiro atoms. The summed E-state index contributed by atoms with van der Waals surface area (Å²) in [5, 5.41) is 3.75. The number of hydrogen-bond donors (Lipinski definition) is 1. The van der Waals surface area contributed by atoms with Crippen LogP contribution in [0, 0.1) is 17.8 Å². The highest BCUT2D eigenvalue weighted by Gasteiger charge is 2.51. The van der Waals surface area contributed by atoms with Crippen molar-refractivity contribution >= 4 is 38.8 Å². The molecule has 24 heavy (non-hydrogen) atoms. The maximum absolute atomic E-state index is 12.4. The van der Waals surface area contributed by atoms with E-state index in [4.69, 9.17) is 4.99 Å². The van der Waals surface area contributed by atoms with Gasteiger partial charge in [-0.05, 0) is 74.0 Å². The van der Waals surface area contributed by atoms with Crippen LogP contribution < -0.4 is 5.32 Å². The van der Waals surface area contributed by atoms with Gasteiger partial charge in [-0.15, -0.1) is 0 Å². The summed E-state index contributed by atoms with van der Waals surface area (Å²) in [5.74, 6) is 2.71. The fourth-order valence-corrected chi connectivity index (χ4v) is 7.05. The van der Waals surface area contributed by atoms with E-state index in [2.05, 4.69) is 21.2 Å². The van der Waals surface area contributed by atoms with Crippen LogP contribution >= 0.6 is 27.7 Å². The summed E-state index contributed by atoms with van der Waals surface area (Å²) in [4.78, 5) is 17.6. The molecule has 1 amide bonds. The first-order valence-corrected chi connectivity index (χ1v) is 10.6. The van der Waals surface area contributed by atoms with Crippen molar-refractivity contribution in [3.8, 4) is 0 Å². The summed E-state index contributed by atoms with van der Waals surface area (Å²) < 4.78 is 1.04. The van der Waals surface area contributed by atoms with Gasteiger partial charge in [0.1, 0.15) is 5.25 Å². The number of rotatable bonds is 2. The van der Waals surface area contributed by atoms with E-state index in [0.717, 1.165) is 33.0 Å². The summed E-state index contributed by atoms with van der Waals surface area (Å²) in [6, 6.07) is 8.04. The maximum atomic E-state index is 12.4. The van der Waals surface area contributed by atoms with Crippen LogP contribution in [0.3, 0.4) is 0 Å². The predicted molar refractivity (Wildman–Crippen MR) is 101 cm³/mol. The zero-order valence-corrected chi connectivity index (χ0v) is 15.9. The van der Waals surface area contributed by atoms with Crippen molar-refractivity contribution in [2.24, 2.45) is 22.7 Å². The first kappa shape index (κ1) is 15.4. The molecule has 1 atom stereocenters. The Hall–Kier alpha value is -0.810. The van der Waals surface area contributed by atoms with Gasteiger partial charge in [0.15, 0.2) is 5.17 Å². The lowest BCUT2D eigenvalue weighted by atomic mass is 9.53. The molecule has 1 aromatic carbocycles. The highest BCUT2D eigenvalue weighted by Crippen LogP contribution is 2.57. The molecule has 1 saturated heterocycles.